The van der Waals surface area contributed by atoms with Crippen molar-refractivity contribution in [2.45, 2.75) is 28.8 Å². The Labute approximate surface area is 180 Å². The van der Waals surface area contributed by atoms with E-state index in [9.17, 15) is 13.2 Å². The normalized spacial score (nSPS) is 25.1. The molecule has 164 valence electrons. The highest BCUT2D eigenvalue weighted by molar-refractivity contribution is 8.00. The number of piperazine rings is 1. The molecule has 2 aliphatic heterocycles. The Morgan fingerprint density at radius 3 is 2.40 bits per heavy atom. The summed E-state index contributed by atoms with van der Waals surface area (Å²) in [6.45, 7) is 6.43. The molecular weight excluding hydrogens is 411 g/mol. The highest BCUT2D eigenvalue weighted by Crippen LogP contribution is 2.45. The molecule has 0 aromatic heterocycles. The van der Waals surface area contributed by atoms with Crippen LogP contribution in [0.3, 0.4) is 0 Å². The van der Waals surface area contributed by atoms with Gasteiger partial charge in [0.25, 0.3) is 0 Å². The quantitative estimate of drug-likeness (QED) is 0.734. The molecule has 0 amide bonds. The van der Waals surface area contributed by atoms with Crippen LogP contribution in [0, 0.1) is 0 Å². The summed E-state index contributed by atoms with van der Waals surface area (Å²) in [5.74, 6) is 0. The third kappa shape index (κ3) is 4.88. The number of halogens is 3. The van der Waals surface area contributed by atoms with Crippen LogP contribution in [0.5, 0.6) is 0 Å². The van der Waals surface area contributed by atoms with Gasteiger partial charge in [0.2, 0.25) is 0 Å². The first-order valence-corrected chi connectivity index (χ1v) is 11.4. The SMILES string of the molecule is OCCN1CCN(CCCN2c3ccccc3SC3C=CC(C(F)(F)F)=CC32)CC1. The minimum atomic E-state index is -4.32. The number of nitrogens with zero attached hydrogens (tertiary/aromatic N) is 3. The number of alkyl halides is 3. The van der Waals surface area contributed by atoms with E-state index in [1.165, 1.54) is 12.2 Å². The molecule has 2 unspecified atom stereocenters. The van der Waals surface area contributed by atoms with Gasteiger partial charge in [0.1, 0.15) is 0 Å². The lowest BCUT2D eigenvalue weighted by molar-refractivity contribution is -0.0887. The fourth-order valence-corrected chi connectivity index (χ4v) is 5.70. The van der Waals surface area contributed by atoms with E-state index in [2.05, 4.69) is 20.8 Å². The Balaban J connectivity index is 1.43. The molecule has 1 saturated heterocycles. The maximum atomic E-state index is 13.3. The van der Waals surface area contributed by atoms with Crippen LogP contribution >= 0.6 is 11.8 Å². The summed E-state index contributed by atoms with van der Waals surface area (Å²) in [7, 11) is 0. The van der Waals surface area contributed by atoms with Gasteiger partial charge in [-0.05, 0) is 31.2 Å². The number of hydrogen-bond acceptors (Lipinski definition) is 5. The predicted octanol–water partition coefficient (Wildman–Crippen LogP) is 3.39. The van der Waals surface area contributed by atoms with Gasteiger partial charge in [0, 0.05) is 44.2 Å². The molecule has 1 aromatic rings. The molecule has 2 heterocycles. The van der Waals surface area contributed by atoms with Crippen molar-refractivity contribution in [3.63, 3.8) is 0 Å². The number of thioether (sulfide) groups is 1. The molecule has 0 saturated carbocycles. The molecule has 4 nitrogen and oxygen atoms in total. The second kappa shape index (κ2) is 9.34. The number of anilines is 1. The van der Waals surface area contributed by atoms with Gasteiger partial charge in [-0.15, -0.1) is 11.8 Å². The molecule has 4 rings (SSSR count). The molecule has 2 atom stereocenters. The number of aliphatic hydroxyl groups is 1. The molecule has 0 bridgehead atoms. The van der Waals surface area contributed by atoms with Gasteiger partial charge in [-0.25, -0.2) is 0 Å². The average Bonchev–Trinajstić information content (AvgIpc) is 2.73. The lowest BCUT2D eigenvalue weighted by Gasteiger charge is -2.43. The van der Waals surface area contributed by atoms with Gasteiger partial charge in [-0.2, -0.15) is 13.2 Å². The van der Waals surface area contributed by atoms with Gasteiger partial charge in [-0.3, -0.25) is 4.90 Å². The van der Waals surface area contributed by atoms with E-state index in [-0.39, 0.29) is 17.9 Å². The van der Waals surface area contributed by atoms with E-state index in [0.29, 0.717) is 0 Å². The van der Waals surface area contributed by atoms with E-state index < -0.39 is 11.7 Å². The smallest absolute Gasteiger partial charge is 0.395 e. The zero-order chi connectivity index (χ0) is 21.1. The summed E-state index contributed by atoms with van der Waals surface area (Å²) in [6, 6.07) is 7.74. The Morgan fingerprint density at radius 1 is 1.00 bits per heavy atom. The van der Waals surface area contributed by atoms with Crippen LogP contribution in [-0.4, -0.2) is 84.8 Å². The Morgan fingerprint density at radius 2 is 1.70 bits per heavy atom. The molecular formula is C22H28F3N3OS. The van der Waals surface area contributed by atoms with Crippen molar-refractivity contribution in [1.82, 2.24) is 9.80 Å². The number of aliphatic hydroxyl groups excluding tert-OH is 1. The van der Waals surface area contributed by atoms with Crippen molar-refractivity contribution in [1.29, 1.82) is 0 Å². The molecule has 8 heteroatoms. The van der Waals surface area contributed by atoms with Crippen molar-refractivity contribution in [2.75, 3.05) is 57.3 Å². The van der Waals surface area contributed by atoms with Crippen LogP contribution in [-0.2, 0) is 0 Å². The van der Waals surface area contributed by atoms with Crippen LogP contribution in [0.4, 0.5) is 18.9 Å². The summed E-state index contributed by atoms with van der Waals surface area (Å²) < 4.78 is 40.0. The lowest BCUT2D eigenvalue weighted by Crippen LogP contribution is -2.49. The zero-order valence-electron chi connectivity index (χ0n) is 16.9. The minimum Gasteiger partial charge on any atom is -0.395 e. The molecule has 3 aliphatic rings. The third-order valence-corrected chi connectivity index (χ3v) is 7.34. The first-order chi connectivity index (χ1) is 14.5. The molecule has 1 aliphatic carbocycles. The maximum Gasteiger partial charge on any atom is 0.416 e. The number of β-amino-alcohol motifs (C(OH)–C–C–N with tert-alkyl or cyclic N) is 1. The molecule has 30 heavy (non-hydrogen) atoms. The lowest BCUT2D eigenvalue weighted by atomic mass is 9.99. The van der Waals surface area contributed by atoms with Crippen LogP contribution in [0.1, 0.15) is 6.42 Å². The highest BCUT2D eigenvalue weighted by atomic mass is 32.2. The molecule has 0 radical (unpaired) electrons. The predicted molar refractivity (Wildman–Crippen MR) is 115 cm³/mol. The van der Waals surface area contributed by atoms with Crippen LogP contribution in [0.2, 0.25) is 0 Å². The number of hydrogen-bond donors (Lipinski definition) is 1. The maximum absolute atomic E-state index is 13.3. The molecule has 1 fully saturated rings. The van der Waals surface area contributed by atoms with Gasteiger partial charge in [-0.1, -0.05) is 24.3 Å². The van der Waals surface area contributed by atoms with E-state index in [1.54, 1.807) is 17.8 Å². The number of benzene rings is 1. The fraction of sp³-hybridized carbons (Fsp3) is 0.545. The van der Waals surface area contributed by atoms with Crippen molar-refractivity contribution in [3.8, 4) is 0 Å². The van der Waals surface area contributed by atoms with Crippen molar-refractivity contribution in [3.05, 3.63) is 48.1 Å². The largest absolute Gasteiger partial charge is 0.416 e. The molecule has 0 spiro atoms. The molecule has 1 aromatic carbocycles. The van der Waals surface area contributed by atoms with E-state index in [0.717, 1.165) is 62.8 Å². The van der Waals surface area contributed by atoms with Crippen molar-refractivity contribution >= 4 is 17.4 Å². The summed E-state index contributed by atoms with van der Waals surface area (Å²) >= 11 is 1.65. The van der Waals surface area contributed by atoms with Gasteiger partial charge >= 0.3 is 6.18 Å². The Hall–Kier alpha value is -1.48. The zero-order valence-corrected chi connectivity index (χ0v) is 17.7. The Bertz CT molecular complexity index is 790. The minimum absolute atomic E-state index is 0.00646. The van der Waals surface area contributed by atoms with E-state index in [1.807, 2.05) is 18.2 Å². The van der Waals surface area contributed by atoms with Crippen molar-refractivity contribution < 1.29 is 18.3 Å². The number of fused-ring (bicyclic) bond motifs is 2. The summed E-state index contributed by atoms with van der Waals surface area (Å²) in [5.41, 5.74) is 0.485. The Kier molecular flexibility index (Phi) is 6.77. The summed E-state index contributed by atoms with van der Waals surface area (Å²) in [6.07, 6.45) is 0.930. The second-order valence-electron chi connectivity index (χ2n) is 7.97. The number of para-hydroxylation sites is 1. The first-order valence-electron chi connectivity index (χ1n) is 10.5. The van der Waals surface area contributed by atoms with Crippen LogP contribution in [0.25, 0.3) is 0 Å². The fourth-order valence-electron chi connectivity index (χ4n) is 4.43. The number of allylic oxidation sites excluding steroid dienone is 2. The highest BCUT2D eigenvalue weighted by Gasteiger charge is 2.40. The monoisotopic (exact) mass is 439 g/mol. The van der Waals surface area contributed by atoms with Gasteiger partial charge in [0.15, 0.2) is 0 Å². The molecule has 1 N–H and O–H groups in total. The average molecular weight is 440 g/mol. The first kappa shape index (κ1) is 21.7. The summed E-state index contributed by atoms with van der Waals surface area (Å²) in [4.78, 5) is 7.96. The topological polar surface area (TPSA) is 30.0 Å². The van der Waals surface area contributed by atoms with E-state index in [4.69, 9.17) is 5.11 Å². The second-order valence-corrected chi connectivity index (χ2v) is 9.19. The van der Waals surface area contributed by atoms with Crippen molar-refractivity contribution in [2.24, 2.45) is 0 Å². The standard InChI is InChI=1S/C22H28F3N3OS/c23-22(24,25)17-6-7-21-19(16-17)28(18-4-1-2-5-20(18)30-21)9-3-8-26-10-12-27(13-11-26)14-15-29/h1-2,4-7,16,19,21,29H,3,8-15H2. The third-order valence-electron chi connectivity index (χ3n) is 6.03. The van der Waals surface area contributed by atoms with Gasteiger partial charge < -0.3 is 14.9 Å². The van der Waals surface area contributed by atoms with Gasteiger partial charge in [0.05, 0.1) is 29.2 Å². The number of rotatable bonds is 6. The van der Waals surface area contributed by atoms with E-state index >= 15 is 0 Å². The van der Waals surface area contributed by atoms with Crippen LogP contribution in [0.15, 0.2) is 53.0 Å². The van der Waals surface area contributed by atoms with Crippen LogP contribution < -0.4 is 4.90 Å². The summed E-state index contributed by atoms with van der Waals surface area (Å²) in [5, 5.41) is 9.07.